The Balaban J connectivity index is 2.83. The van der Waals surface area contributed by atoms with E-state index in [0.717, 1.165) is 0 Å². The Bertz CT molecular complexity index is 365. The topological polar surface area (TPSA) is 86.5 Å². The number of rotatable bonds is 4. The van der Waals surface area contributed by atoms with Gasteiger partial charge < -0.3 is 10.5 Å². The zero-order chi connectivity index (χ0) is 12.4. The van der Waals surface area contributed by atoms with Gasteiger partial charge in [-0.05, 0) is 26.2 Å². The summed E-state index contributed by atoms with van der Waals surface area (Å²) in [7, 11) is -3.10. The fraction of sp³-hybridized carbons (Fsp3) is 0.900. The Kier molecular flexibility index (Phi) is 3.96. The third-order valence-corrected chi connectivity index (χ3v) is 4.88. The minimum atomic E-state index is -3.10. The molecule has 0 aliphatic heterocycles. The lowest BCUT2D eigenvalue weighted by Crippen LogP contribution is -2.38. The van der Waals surface area contributed by atoms with Crippen LogP contribution in [0.5, 0.6) is 0 Å². The van der Waals surface area contributed by atoms with Gasteiger partial charge in [-0.1, -0.05) is 0 Å². The average Bonchev–Trinajstić information content (AvgIpc) is 2.63. The van der Waals surface area contributed by atoms with Crippen LogP contribution in [0, 0.1) is 5.41 Å². The van der Waals surface area contributed by atoms with Gasteiger partial charge in [-0.15, -0.1) is 0 Å². The summed E-state index contributed by atoms with van der Waals surface area (Å²) in [4.78, 5) is 11.8. The molecule has 0 radical (unpaired) electrons. The highest BCUT2D eigenvalue weighted by molar-refractivity contribution is 7.91. The summed E-state index contributed by atoms with van der Waals surface area (Å²) in [6.07, 6.45) is 2.49. The van der Waals surface area contributed by atoms with Crippen LogP contribution >= 0.6 is 0 Å². The van der Waals surface area contributed by atoms with Crippen molar-refractivity contribution in [2.45, 2.75) is 31.4 Å². The molecule has 16 heavy (non-hydrogen) atoms. The third kappa shape index (κ3) is 2.55. The molecule has 94 valence electrons. The highest BCUT2D eigenvalue weighted by Crippen LogP contribution is 2.41. The summed E-state index contributed by atoms with van der Waals surface area (Å²) in [5.74, 6) is -0.358. The molecular weight excluding hydrogens is 230 g/mol. The van der Waals surface area contributed by atoms with E-state index in [9.17, 15) is 13.2 Å². The third-order valence-electron chi connectivity index (χ3n) is 3.27. The molecule has 0 amide bonds. The summed E-state index contributed by atoms with van der Waals surface area (Å²) in [6.45, 7) is 2.17. The maximum atomic E-state index is 11.8. The van der Waals surface area contributed by atoms with Gasteiger partial charge >= 0.3 is 5.97 Å². The van der Waals surface area contributed by atoms with Gasteiger partial charge in [-0.2, -0.15) is 0 Å². The van der Waals surface area contributed by atoms with Crippen LogP contribution in [0.4, 0.5) is 0 Å². The Labute approximate surface area is 96.3 Å². The molecule has 0 bridgehead atoms. The molecule has 0 aromatic rings. The van der Waals surface area contributed by atoms with Crippen LogP contribution in [0.1, 0.15) is 26.2 Å². The largest absolute Gasteiger partial charge is 0.466 e. The van der Waals surface area contributed by atoms with Gasteiger partial charge in [0.15, 0.2) is 0 Å². The first-order chi connectivity index (χ1) is 7.35. The Morgan fingerprint density at radius 3 is 2.56 bits per heavy atom. The van der Waals surface area contributed by atoms with Crippen LogP contribution in [-0.2, 0) is 19.4 Å². The predicted octanol–water partition coefficient (Wildman–Crippen LogP) is 0.0917. The van der Waals surface area contributed by atoms with Crippen molar-refractivity contribution < 1.29 is 17.9 Å². The first-order valence-electron chi connectivity index (χ1n) is 5.42. The summed E-state index contributed by atoms with van der Waals surface area (Å²) in [5, 5.41) is -0.458. The van der Waals surface area contributed by atoms with E-state index in [1.165, 1.54) is 6.26 Å². The van der Waals surface area contributed by atoms with Crippen molar-refractivity contribution in [1.82, 2.24) is 0 Å². The van der Waals surface area contributed by atoms with Crippen LogP contribution in [0.3, 0.4) is 0 Å². The minimum Gasteiger partial charge on any atom is -0.466 e. The van der Waals surface area contributed by atoms with E-state index in [4.69, 9.17) is 10.5 Å². The molecule has 0 heterocycles. The number of esters is 1. The second-order valence-corrected chi connectivity index (χ2v) is 6.72. The smallest absolute Gasteiger partial charge is 0.313 e. The molecule has 0 saturated heterocycles. The number of carbonyl (C=O) groups excluding carboxylic acids is 1. The molecule has 1 aliphatic carbocycles. The van der Waals surface area contributed by atoms with Gasteiger partial charge in [0, 0.05) is 12.8 Å². The molecular formula is C10H19NO4S. The quantitative estimate of drug-likeness (QED) is 0.714. The number of ether oxygens (including phenoxy) is 1. The zero-order valence-electron chi connectivity index (χ0n) is 9.73. The molecule has 2 atom stereocenters. The number of hydrogen-bond acceptors (Lipinski definition) is 5. The molecule has 0 unspecified atom stereocenters. The molecule has 6 heteroatoms. The lowest BCUT2D eigenvalue weighted by molar-refractivity contribution is -0.154. The van der Waals surface area contributed by atoms with Crippen LogP contribution in [0.15, 0.2) is 0 Å². The van der Waals surface area contributed by atoms with Gasteiger partial charge in [-0.25, -0.2) is 8.42 Å². The maximum Gasteiger partial charge on any atom is 0.313 e. The SMILES string of the molecule is CCOC(=O)[C@]1(CN)CC[C@@H](S(C)(=O)=O)C1. The van der Waals surface area contributed by atoms with Gasteiger partial charge in [0.2, 0.25) is 0 Å². The van der Waals surface area contributed by atoms with Crippen LogP contribution in [-0.4, -0.2) is 39.0 Å². The summed E-state index contributed by atoms with van der Waals surface area (Å²) in [6, 6.07) is 0. The first kappa shape index (κ1) is 13.4. The van der Waals surface area contributed by atoms with Crippen molar-refractivity contribution in [3.8, 4) is 0 Å². The van der Waals surface area contributed by atoms with Crippen LogP contribution in [0.25, 0.3) is 0 Å². The van der Waals surface area contributed by atoms with E-state index in [0.29, 0.717) is 25.9 Å². The summed E-state index contributed by atoms with van der Waals surface area (Å²) >= 11 is 0. The van der Waals surface area contributed by atoms with Gasteiger partial charge in [0.1, 0.15) is 9.84 Å². The fourth-order valence-electron chi connectivity index (χ4n) is 2.18. The van der Waals surface area contributed by atoms with E-state index in [-0.39, 0.29) is 12.5 Å². The number of sulfone groups is 1. The molecule has 0 aromatic carbocycles. The van der Waals surface area contributed by atoms with Crippen LogP contribution < -0.4 is 5.73 Å². The van der Waals surface area contributed by atoms with E-state index < -0.39 is 20.5 Å². The lowest BCUT2D eigenvalue weighted by atomic mass is 9.86. The molecule has 5 nitrogen and oxygen atoms in total. The standard InChI is InChI=1S/C10H19NO4S/c1-3-15-9(12)10(7-11)5-4-8(6-10)16(2,13)14/h8H,3-7,11H2,1-2H3/t8-,10-/m1/s1. The molecule has 2 N–H and O–H groups in total. The highest BCUT2D eigenvalue weighted by Gasteiger charge is 2.48. The summed E-state index contributed by atoms with van der Waals surface area (Å²) in [5.41, 5.74) is 4.82. The molecule has 0 spiro atoms. The van der Waals surface area contributed by atoms with E-state index in [1.54, 1.807) is 6.92 Å². The monoisotopic (exact) mass is 249 g/mol. The molecule has 1 aliphatic rings. The van der Waals surface area contributed by atoms with E-state index in [1.807, 2.05) is 0 Å². The Hall–Kier alpha value is -0.620. The molecule has 1 fully saturated rings. The first-order valence-corrected chi connectivity index (χ1v) is 7.37. The molecule has 0 aromatic heterocycles. The average molecular weight is 249 g/mol. The van der Waals surface area contributed by atoms with Crippen molar-refractivity contribution in [3.63, 3.8) is 0 Å². The van der Waals surface area contributed by atoms with Gasteiger partial charge in [-0.3, -0.25) is 4.79 Å². The maximum absolute atomic E-state index is 11.8. The second-order valence-electron chi connectivity index (χ2n) is 4.40. The minimum absolute atomic E-state index is 0.151. The Morgan fingerprint density at radius 1 is 1.56 bits per heavy atom. The zero-order valence-corrected chi connectivity index (χ0v) is 10.5. The number of hydrogen-bond donors (Lipinski definition) is 1. The molecule has 1 rings (SSSR count). The summed E-state index contributed by atoms with van der Waals surface area (Å²) < 4.78 is 27.8. The van der Waals surface area contributed by atoms with Crippen molar-refractivity contribution in [2.75, 3.05) is 19.4 Å². The lowest BCUT2D eigenvalue weighted by Gasteiger charge is -2.24. The van der Waals surface area contributed by atoms with Gasteiger partial charge in [0.05, 0.1) is 17.3 Å². The normalized spacial score (nSPS) is 30.3. The fourth-order valence-corrected chi connectivity index (χ4v) is 3.35. The van der Waals surface area contributed by atoms with Crippen LogP contribution in [0.2, 0.25) is 0 Å². The Morgan fingerprint density at radius 2 is 2.19 bits per heavy atom. The van der Waals surface area contributed by atoms with Crippen molar-refractivity contribution in [1.29, 1.82) is 0 Å². The van der Waals surface area contributed by atoms with Crippen molar-refractivity contribution in [3.05, 3.63) is 0 Å². The van der Waals surface area contributed by atoms with Crippen molar-refractivity contribution in [2.24, 2.45) is 11.1 Å². The predicted molar refractivity (Wildman–Crippen MR) is 60.6 cm³/mol. The second kappa shape index (κ2) is 4.71. The molecule has 1 saturated carbocycles. The number of carbonyl (C=O) groups is 1. The van der Waals surface area contributed by atoms with Crippen molar-refractivity contribution >= 4 is 15.8 Å². The van der Waals surface area contributed by atoms with Gasteiger partial charge in [0.25, 0.3) is 0 Å². The van der Waals surface area contributed by atoms with E-state index >= 15 is 0 Å². The number of nitrogens with two attached hydrogens (primary N) is 1. The highest BCUT2D eigenvalue weighted by atomic mass is 32.2. The van der Waals surface area contributed by atoms with E-state index in [2.05, 4.69) is 0 Å².